The van der Waals surface area contributed by atoms with Crippen molar-refractivity contribution in [3.63, 3.8) is 0 Å². The van der Waals surface area contributed by atoms with Gasteiger partial charge in [0.05, 0.1) is 0 Å². The largest absolute Gasteiger partial charge is 0.343 e. The van der Waals surface area contributed by atoms with Gasteiger partial charge in [0.1, 0.15) is 5.54 Å². The predicted molar refractivity (Wildman–Crippen MR) is 80.2 cm³/mol. The number of hydrogen-bond acceptors (Lipinski definition) is 5. The molecule has 1 aromatic rings. The van der Waals surface area contributed by atoms with E-state index >= 15 is 0 Å². The first-order chi connectivity index (χ1) is 9.68. The maximum absolute atomic E-state index is 12.3. The first kappa shape index (κ1) is 16.2. The lowest BCUT2D eigenvalue weighted by atomic mass is 9.96. The molecule has 1 aliphatic heterocycles. The van der Waals surface area contributed by atoms with Gasteiger partial charge >= 0.3 is 0 Å². The average Bonchev–Trinajstić information content (AvgIpc) is 3.11. The third-order valence-corrected chi connectivity index (χ3v) is 4.39. The zero-order chi connectivity index (χ0) is 14.0. The van der Waals surface area contributed by atoms with Crippen LogP contribution in [0.2, 0.25) is 0 Å². The van der Waals surface area contributed by atoms with Gasteiger partial charge < -0.3 is 15.2 Å². The summed E-state index contributed by atoms with van der Waals surface area (Å²) >= 11 is 0. The van der Waals surface area contributed by atoms with Crippen LogP contribution in [0.25, 0.3) is 0 Å². The molecule has 1 unspecified atom stereocenters. The monoisotopic (exact) mass is 314 g/mol. The van der Waals surface area contributed by atoms with Gasteiger partial charge in [0.15, 0.2) is 5.82 Å². The Kier molecular flexibility index (Phi) is 5.22. The molecule has 2 aliphatic rings. The number of aryl methyl sites for hydroxylation is 1. The van der Waals surface area contributed by atoms with E-state index in [0.29, 0.717) is 24.2 Å². The second-order valence-electron chi connectivity index (χ2n) is 5.97. The lowest BCUT2D eigenvalue weighted by Crippen LogP contribution is -2.46. The third kappa shape index (κ3) is 3.55. The fraction of sp³-hybridized carbons (Fsp3) is 0.786. The molecule has 2 heterocycles. The molecule has 6 nitrogen and oxygen atoms in total. The summed E-state index contributed by atoms with van der Waals surface area (Å²) < 4.78 is 5.09. The number of nitrogens with zero attached hydrogens (tertiary/aromatic N) is 2. The molecular weight excluding hydrogens is 292 g/mol. The second kappa shape index (κ2) is 6.75. The molecule has 1 saturated heterocycles. The lowest BCUT2D eigenvalue weighted by Gasteiger charge is -2.27. The molecule has 0 spiro atoms. The summed E-state index contributed by atoms with van der Waals surface area (Å²) in [5.74, 6) is 1.28. The van der Waals surface area contributed by atoms with Gasteiger partial charge in [-0.25, -0.2) is 0 Å². The number of rotatable bonds is 4. The SMILES string of the molecule is Cc1nc(C2(NC(=O)CC3CCCN3)CCCC2)no1.Cl. The Labute approximate surface area is 130 Å². The topological polar surface area (TPSA) is 80.0 Å². The van der Waals surface area contributed by atoms with Crippen LogP contribution in [0.3, 0.4) is 0 Å². The highest BCUT2D eigenvalue weighted by atomic mass is 35.5. The van der Waals surface area contributed by atoms with Crippen LogP contribution < -0.4 is 10.6 Å². The number of halogens is 1. The van der Waals surface area contributed by atoms with Crippen LogP contribution in [0, 0.1) is 6.92 Å². The van der Waals surface area contributed by atoms with E-state index in [0.717, 1.165) is 45.1 Å². The Morgan fingerprint density at radius 3 is 2.76 bits per heavy atom. The minimum Gasteiger partial charge on any atom is -0.343 e. The van der Waals surface area contributed by atoms with E-state index in [9.17, 15) is 4.79 Å². The van der Waals surface area contributed by atoms with Gasteiger partial charge in [-0.05, 0) is 32.2 Å². The van der Waals surface area contributed by atoms with Crippen LogP contribution in [0.4, 0.5) is 0 Å². The van der Waals surface area contributed by atoms with Crippen LogP contribution >= 0.6 is 12.4 Å². The molecule has 3 rings (SSSR count). The number of nitrogens with one attached hydrogen (secondary N) is 2. The number of aromatic nitrogens is 2. The molecule has 1 aliphatic carbocycles. The second-order valence-corrected chi connectivity index (χ2v) is 5.97. The average molecular weight is 315 g/mol. The van der Waals surface area contributed by atoms with Crippen molar-refractivity contribution in [2.24, 2.45) is 0 Å². The molecule has 21 heavy (non-hydrogen) atoms. The lowest BCUT2D eigenvalue weighted by molar-refractivity contribution is -0.123. The number of amides is 1. The van der Waals surface area contributed by atoms with Crippen molar-refractivity contribution in [2.75, 3.05) is 6.54 Å². The first-order valence-electron chi connectivity index (χ1n) is 7.53. The number of hydrogen-bond donors (Lipinski definition) is 2. The van der Waals surface area contributed by atoms with Crippen molar-refractivity contribution in [2.45, 2.75) is 63.5 Å². The third-order valence-electron chi connectivity index (χ3n) is 4.39. The van der Waals surface area contributed by atoms with Crippen molar-refractivity contribution < 1.29 is 9.32 Å². The zero-order valence-corrected chi connectivity index (χ0v) is 13.2. The summed E-state index contributed by atoms with van der Waals surface area (Å²) in [6, 6.07) is 0.320. The molecule has 2 N–H and O–H groups in total. The van der Waals surface area contributed by atoms with Gasteiger partial charge in [-0.15, -0.1) is 12.4 Å². The van der Waals surface area contributed by atoms with Crippen molar-refractivity contribution in [3.05, 3.63) is 11.7 Å². The fourth-order valence-electron chi connectivity index (χ4n) is 3.35. The quantitative estimate of drug-likeness (QED) is 0.886. The van der Waals surface area contributed by atoms with Crippen molar-refractivity contribution in [1.82, 2.24) is 20.8 Å². The highest BCUT2D eigenvalue weighted by Gasteiger charge is 2.41. The van der Waals surface area contributed by atoms with Crippen LogP contribution in [-0.2, 0) is 10.3 Å². The molecule has 2 fully saturated rings. The zero-order valence-electron chi connectivity index (χ0n) is 12.4. The summed E-state index contributed by atoms with van der Waals surface area (Å²) in [7, 11) is 0. The Hall–Kier alpha value is -1.14. The maximum Gasteiger partial charge on any atom is 0.223 e. The molecule has 7 heteroatoms. The molecule has 1 atom stereocenters. The van der Waals surface area contributed by atoms with Gasteiger partial charge in [0, 0.05) is 19.4 Å². The highest BCUT2D eigenvalue weighted by Crippen LogP contribution is 2.37. The number of carbonyl (C=O) groups excluding carboxylic acids is 1. The van der Waals surface area contributed by atoms with E-state index in [1.807, 2.05) is 0 Å². The summed E-state index contributed by atoms with van der Waals surface area (Å²) in [5.41, 5.74) is -0.409. The number of carbonyl (C=O) groups is 1. The van der Waals surface area contributed by atoms with Crippen LogP contribution in [0.5, 0.6) is 0 Å². The first-order valence-corrected chi connectivity index (χ1v) is 7.53. The molecular formula is C14H23ClN4O2. The van der Waals surface area contributed by atoms with E-state index in [2.05, 4.69) is 20.8 Å². The van der Waals surface area contributed by atoms with Gasteiger partial charge in [0.2, 0.25) is 11.8 Å². The van der Waals surface area contributed by atoms with Gasteiger partial charge in [0.25, 0.3) is 0 Å². The Morgan fingerprint density at radius 1 is 1.43 bits per heavy atom. The van der Waals surface area contributed by atoms with Gasteiger partial charge in [-0.3, -0.25) is 4.79 Å². The van der Waals surface area contributed by atoms with Crippen LogP contribution in [-0.4, -0.2) is 28.6 Å². The minimum absolute atomic E-state index is 0. The van der Waals surface area contributed by atoms with Crippen LogP contribution in [0.15, 0.2) is 4.52 Å². The maximum atomic E-state index is 12.3. The summed E-state index contributed by atoms with van der Waals surface area (Å²) in [6.07, 6.45) is 6.77. The van der Waals surface area contributed by atoms with Crippen molar-refractivity contribution in [1.29, 1.82) is 0 Å². The molecule has 118 valence electrons. The van der Waals surface area contributed by atoms with E-state index in [-0.39, 0.29) is 18.3 Å². The smallest absolute Gasteiger partial charge is 0.223 e. The summed E-state index contributed by atoms with van der Waals surface area (Å²) in [6.45, 7) is 2.80. The molecule has 1 saturated carbocycles. The molecule has 0 aromatic carbocycles. The fourth-order valence-corrected chi connectivity index (χ4v) is 3.35. The minimum atomic E-state index is -0.409. The van der Waals surface area contributed by atoms with E-state index in [4.69, 9.17) is 4.52 Å². The standard InChI is InChI=1S/C14H22N4O2.ClH/c1-10-16-13(18-20-10)14(6-2-3-7-14)17-12(19)9-11-5-4-8-15-11;/h11,15H,2-9H2,1H3,(H,17,19);1H. The van der Waals surface area contributed by atoms with Crippen LogP contribution in [0.1, 0.15) is 56.7 Å². The van der Waals surface area contributed by atoms with Gasteiger partial charge in [-0.1, -0.05) is 18.0 Å². The molecule has 1 aromatic heterocycles. The molecule has 1 amide bonds. The Morgan fingerprint density at radius 2 is 2.19 bits per heavy atom. The highest BCUT2D eigenvalue weighted by molar-refractivity contribution is 5.85. The van der Waals surface area contributed by atoms with Gasteiger partial charge in [-0.2, -0.15) is 4.98 Å². The van der Waals surface area contributed by atoms with Crippen molar-refractivity contribution >= 4 is 18.3 Å². The van der Waals surface area contributed by atoms with Crippen molar-refractivity contribution in [3.8, 4) is 0 Å². The Balaban J connectivity index is 0.00000161. The molecule has 0 radical (unpaired) electrons. The predicted octanol–water partition coefficient (Wildman–Crippen LogP) is 1.83. The summed E-state index contributed by atoms with van der Waals surface area (Å²) in [5, 5.41) is 10.6. The normalized spacial score (nSPS) is 23.8. The van der Waals surface area contributed by atoms with E-state index in [1.54, 1.807) is 6.92 Å². The molecule has 0 bridgehead atoms. The summed E-state index contributed by atoms with van der Waals surface area (Å²) in [4.78, 5) is 16.6. The van der Waals surface area contributed by atoms with E-state index < -0.39 is 5.54 Å². The van der Waals surface area contributed by atoms with E-state index in [1.165, 1.54) is 0 Å². The Bertz CT molecular complexity index is 479.